The topological polar surface area (TPSA) is 94.1 Å². The summed E-state index contributed by atoms with van der Waals surface area (Å²) in [6.07, 6.45) is 2.10. The lowest BCUT2D eigenvalue weighted by molar-refractivity contribution is -0.138. The molecule has 1 aliphatic rings. The molecule has 106 valence electrons. The fraction of sp³-hybridized carbons (Fsp3) is 0.231. The number of carboxylic acid groups (broad SMARTS) is 1. The van der Waals surface area contributed by atoms with E-state index in [-0.39, 0.29) is 6.79 Å². The number of aliphatic carboxylic acids is 1. The number of alkyl carbamates (subject to hydrolysis) is 1. The summed E-state index contributed by atoms with van der Waals surface area (Å²) in [5.74, 6) is 0.0527. The lowest BCUT2D eigenvalue weighted by Gasteiger charge is -2.09. The van der Waals surface area contributed by atoms with Crippen LogP contribution in [0.5, 0.6) is 11.5 Å². The number of fused-ring (bicyclic) bond motifs is 1. The summed E-state index contributed by atoms with van der Waals surface area (Å²) in [7, 11) is 1.16. The van der Waals surface area contributed by atoms with Crippen LogP contribution in [0, 0.1) is 0 Å². The number of methoxy groups -OCH3 is 1. The summed E-state index contributed by atoms with van der Waals surface area (Å²) < 4.78 is 14.7. The maximum Gasteiger partial charge on any atom is 0.407 e. The Balaban J connectivity index is 2.09. The molecule has 0 unspecified atom stereocenters. The van der Waals surface area contributed by atoms with Gasteiger partial charge in [0.15, 0.2) is 11.5 Å². The maximum atomic E-state index is 11.0. The lowest BCUT2D eigenvalue weighted by atomic mass is 10.1. The van der Waals surface area contributed by atoms with E-state index in [4.69, 9.17) is 14.6 Å². The van der Waals surface area contributed by atoms with Gasteiger partial charge < -0.3 is 24.6 Å². The van der Waals surface area contributed by atoms with Crippen LogP contribution in [0.15, 0.2) is 24.3 Å². The average Bonchev–Trinajstić information content (AvgIpc) is 2.90. The summed E-state index contributed by atoms with van der Waals surface area (Å²) in [5, 5.41) is 11.2. The third-order valence-electron chi connectivity index (χ3n) is 2.60. The predicted octanol–water partition coefficient (Wildman–Crippen LogP) is 1.24. The van der Waals surface area contributed by atoms with Crippen molar-refractivity contribution in [2.24, 2.45) is 0 Å². The molecular formula is C13H13NO6. The van der Waals surface area contributed by atoms with Crippen molar-refractivity contribution in [3.8, 4) is 11.5 Å². The van der Waals surface area contributed by atoms with Crippen LogP contribution in [0.1, 0.15) is 5.56 Å². The number of amides is 1. The molecular weight excluding hydrogens is 266 g/mol. The molecule has 7 heteroatoms. The summed E-state index contributed by atoms with van der Waals surface area (Å²) in [6.45, 7) is 0.171. The molecule has 0 fully saturated rings. The van der Waals surface area contributed by atoms with Crippen molar-refractivity contribution in [1.29, 1.82) is 0 Å². The quantitative estimate of drug-likeness (QED) is 0.861. The highest BCUT2D eigenvalue weighted by Crippen LogP contribution is 2.32. The second kappa shape index (κ2) is 5.96. The fourth-order valence-electron chi connectivity index (χ4n) is 1.60. The molecule has 1 atom stereocenters. The number of hydrogen-bond donors (Lipinski definition) is 2. The van der Waals surface area contributed by atoms with Gasteiger partial charge in [-0.3, -0.25) is 0 Å². The fourth-order valence-corrected chi connectivity index (χ4v) is 1.60. The maximum absolute atomic E-state index is 11.0. The normalized spacial score (nSPS) is 14.1. The average molecular weight is 279 g/mol. The van der Waals surface area contributed by atoms with Gasteiger partial charge in [-0.2, -0.15) is 0 Å². The van der Waals surface area contributed by atoms with E-state index in [1.54, 1.807) is 24.3 Å². The largest absolute Gasteiger partial charge is 0.479 e. The molecule has 2 N–H and O–H groups in total. The monoisotopic (exact) mass is 279 g/mol. The third kappa shape index (κ3) is 3.19. The summed E-state index contributed by atoms with van der Waals surface area (Å²) in [5.41, 5.74) is 0.729. The first kappa shape index (κ1) is 13.7. The van der Waals surface area contributed by atoms with E-state index in [2.05, 4.69) is 10.1 Å². The summed E-state index contributed by atoms with van der Waals surface area (Å²) in [4.78, 5) is 22.0. The molecule has 0 aromatic heterocycles. The van der Waals surface area contributed by atoms with Crippen molar-refractivity contribution in [3.05, 3.63) is 29.8 Å². The van der Waals surface area contributed by atoms with Gasteiger partial charge >= 0.3 is 12.1 Å². The van der Waals surface area contributed by atoms with E-state index in [1.165, 1.54) is 6.08 Å². The number of carbonyl (C=O) groups excluding carboxylic acids is 1. The Morgan fingerprint density at radius 2 is 2.15 bits per heavy atom. The molecule has 20 heavy (non-hydrogen) atoms. The molecule has 1 amide bonds. The SMILES string of the molecule is COC(=O)N[C@@H](/C=C/c1ccc2c(c1)OCO2)C(=O)O. The van der Waals surface area contributed by atoms with Crippen LogP contribution in [-0.2, 0) is 9.53 Å². The van der Waals surface area contributed by atoms with Gasteiger partial charge in [0, 0.05) is 0 Å². The van der Waals surface area contributed by atoms with E-state index in [0.29, 0.717) is 11.5 Å². The van der Waals surface area contributed by atoms with E-state index >= 15 is 0 Å². The molecule has 1 heterocycles. The summed E-state index contributed by atoms with van der Waals surface area (Å²) in [6, 6.07) is 4.02. The molecule has 1 aromatic carbocycles. The van der Waals surface area contributed by atoms with Crippen molar-refractivity contribution in [2.75, 3.05) is 13.9 Å². The highest BCUT2D eigenvalue weighted by Gasteiger charge is 2.17. The van der Waals surface area contributed by atoms with Crippen molar-refractivity contribution in [1.82, 2.24) is 5.32 Å². The summed E-state index contributed by atoms with van der Waals surface area (Å²) >= 11 is 0. The number of nitrogens with one attached hydrogen (secondary N) is 1. The highest BCUT2D eigenvalue weighted by molar-refractivity contribution is 5.83. The Kier molecular flexibility index (Phi) is 4.09. The molecule has 0 radical (unpaired) electrons. The number of carbonyl (C=O) groups is 2. The number of carboxylic acids is 1. The molecule has 1 aromatic rings. The van der Waals surface area contributed by atoms with Gasteiger partial charge in [0.2, 0.25) is 6.79 Å². The highest BCUT2D eigenvalue weighted by atomic mass is 16.7. The second-order valence-corrected chi connectivity index (χ2v) is 3.92. The van der Waals surface area contributed by atoms with Gasteiger partial charge in [0.25, 0.3) is 0 Å². The zero-order valence-electron chi connectivity index (χ0n) is 10.7. The van der Waals surface area contributed by atoms with Crippen LogP contribution >= 0.6 is 0 Å². The van der Waals surface area contributed by atoms with Gasteiger partial charge in [-0.1, -0.05) is 18.2 Å². The van der Waals surface area contributed by atoms with Gasteiger partial charge in [-0.05, 0) is 17.7 Å². The van der Waals surface area contributed by atoms with Gasteiger partial charge in [0.05, 0.1) is 7.11 Å². The van der Waals surface area contributed by atoms with Crippen molar-refractivity contribution in [3.63, 3.8) is 0 Å². The Bertz CT molecular complexity index is 554. The van der Waals surface area contributed by atoms with Crippen LogP contribution in [0.4, 0.5) is 4.79 Å². The third-order valence-corrected chi connectivity index (χ3v) is 2.60. The van der Waals surface area contributed by atoms with Crippen molar-refractivity contribution < 1.29 is 28.9 Å². The number of hydrogen-bond acceptors (Lipinski definition) is 5. The first-order valence-corrected chi connectivity index (χ1v) is 5.75. The molecule has 0 saturated carbocycles. The zero-order valence-corrected chi connectivity index (χ0v) is 10.7. The Morgan fingerprint density at radius 3 is 2.85 bits per heavy atom. The molecule has 0 bridgehead atoms. The van der Waals surface area contributed by atoms with Crippen LogP contribution in [-0.4, -0.2) is 37.1 Å². The number of rotatable bonds is 4. The Hall–Kier alpha value is -2.70. The Morgan fingerprint density at radius 1 is 1.40 bits per heavy atom. The zero-order chi connectivity index (χ0) is 14.5. The van der Waals surface area contributed by atoms with Crippen LogP contribution in [0.3, 0.4) is 0 Å². The molecule has 0 saturated heterocycles. The minimum absolute atomic E-state index is 0.171. The minimum Gasteiger partial charge on any atom is -0.479 e. The van der Waals surface area contributed by atoms with Crippen molar-refractivity contribution >= 4 is 18.1 Å². The van der Waals surface area contributed by atoms with Crippen LogP contribution in [0.25, 0.3) is 6.08 Å². The molecule has 0 aliphatic carbocycles. The molecule has 2 rings (SSSR count). The smallest absolute Gasteiger partial charge is 0.407 e. The van der Waals surface area contributed by atoms with E-state index in [9.17, 15) is 9.59 Å². The van der Waals surface area contributed by atoms with Gasteiger partial charge in [-0.15, -0.1) is 0 Å². The van der Waals surface area contributed by atoms with Gasteiger partial charge in [0.1, 0.15) is 6.04 Å². The number of ether oxygens (including phenoxy) is 3. The van der Waals surface area contributed by atoms with Gasteiger partial charge in [-0.25, -0.2) is 9.59 Å². The van der Waals surface area contributed by atoms with E-state index < -0.39 is 18.1 Å². The van der Waals surface area contributed by atoms with Crippen LogP contribution in [0.2, 0.25) is 0 Å². The first-order valence-electron chi connectivity index (χ1n) is 5.75. The predicted molar refractivity (Wildman–Crippen MR) is 68.6 cm³/mol. The molecule has 7 nitrogen and oxygen atoms in total. The standard InChI is InChI=1S/C13H13NO6/c1-18-13(17)14-9(12(15)16)4-2-8-3-5-10-11(6-8)20-7-19-10/h2-6,9H,7H2,1H3,(H,14,17)(H,15,16)/b4-2+/t9-/m0/s1. The number of benzene rings is 1. The minimum atomic E-state index is -1.19. The molecule has 0 spiro atoms. The van der Waals surface area contributed by atoms with Crippen molar-refractivity contribution in [2.45, 2.75) is 6.04 Å². The molecule has 1 aliphatic heterocycles. The Labute approximate surface area is 114 Å². The van der Waals surface area contributed by atoms with E-state index in [1.807, 2.05) is 0 Å². The first-order chi connectivity index (χ1) is 9.60. The lowest BCUT2D eigenvalue weighted by Crippen LogP contribution is -2.39. The van der Waals surface area contributed by atoms with Crippen LogP contribution < -0.4 is 14.8 Å². The van der Waals surface area contributed by atoms with E-state index in [0.717, 1.165) is 12.7 Å². The second-order valence-electron chi connectivity index (χ2n) is 3.92.